The number of nitrogens with zero attached hydrogens (tertiary/aromatic N) is 4. The van der Waals surface area contributed by atoms with Crippen LogP contribution in [0.2, 0.25) is 0 Å². The van der Waals surface area contributed by atoms with Crippen LogP contribution >= 0.6 is 0 Å². The van der Waals surface area contributed by atoms with Crippen molar-refractivity contribution in [1.29, 1.82) is 0 Å². The van der Waals surface area contributed by atoms with E-state index in [1.54, 1.807) is 6.33 Å². The number of hydrogen-bond acceptors (Lipinski definition) is 4. The second kappa shape index (κ2) is 2.44. The van der Waals surface area contributed by atoms with Crippen LogP contribution < -0.4 is 5.73 Å². The summed E-state index contributed by atoms with van der Waals surface area (Å²) in [4.78, 5) is 11.9. The summed E-state index contributed by atoms with van der Waals surface area (Å²) >= 11 is 0. The van der Waals surface area contributed by atoms with Crippen LogP contribution in [0.4, 0.5) is 5.82 Å². The number of nitrogens with two attached hydrogens (primary N) is 1. The van der Waals surface area contributed by atoms with Crippen LogP contribution in [0.25, 0.3) is 11.2 Å². The molecule has 61 valence electrons. The molecule has 0 spiro atoms. The van der Waals surface area contributed by atoms with Gasteiger partial charge < -0.3 is 10.3 Å². The fraction of sp³-hybridized carbons (Fsp3) is 0.143. The predicted molar refractivity (Wildman–Crippen MR) is 45.1 cm³/mol. The van der Waals surface area contributed by atoms with Crippen molar-refractivity contribution < 1.29 is 0 Å². The van der Waals surface area contributed by atoms with Gasteiger partial charge in [0.25, 0.3) is 0 Å². The Morgan fingerprint density at radius 2 is 2.25 bits per heavy atom. The fourth-order valence-electron chi connectivity index (χ4n) is 1.06. The van der Waals surface area contributed by atoms with Gasteiger partial charge in [-0.25, -0.2) is 15.0 Å². The SMILES string of the molecule is [CH2]Cn1cnc2c(N)ncnc21. The molecule has 2 heterocycles. The highest BCUT2D eigenvalue weighted by Crippen LogP contribution is 2.13. The first-order valence-corrected chi connectivity index (χ1v) is 3.53. The van der Waals surface area contributed by atoms with Crippen molar-refractivity contribution >= 4 is 17.0 Å². The first kappa shape index (κ1) is 7.02. The van der Waals surface area contributed by atoms with Crippen LogP contribution in [0.5, 0.6) is 0 Å². The number of anilines is 1. The molecule has 0 aromatic carbocycles. The zero-order valence-corrected chi connectivity index (χ0v) is 6.44. The molecule has 0 saturated heterocycles. The van der Waals surface area contributed by atoms with Gasteiger partial charge in [-0.2, -0.15) is 0 Å². The Morgan fingerprint density at radius 1 is 1.42 bits per heavy atom. The van der Waals surface area contributed by atoms with Crippen molar-refractivity contribution in [3.63, 3.8) is 0 Å². The molecule has 0 atom stereocenters. The van der Waals surface area contributed by atoms with Crippen LogP contribution in [-0.4, -0.2) is 19.5 Å². The smallest absolute Gasteiger partial charge is 0.165 e. The van der Waals surface area contributed by atoms with Gasteiger partial charge in [-0.3, -0.25) is 0 Å². The average Bonchev–Trinajstić information content (AvgIpc) is 2.49. The summed E-state index contributed by atoms with van der Waals surface area (Å²) in [5.74, 6) is 0.409. The Balaban J connectivity index is 2.80. The van der Waals surface area contributed by atoms with Crippen LogP contribution in [-0.2, 0) is 6.54 Å². The number of rotatable bonds is 1. The molecule has 0 saturated carbocycles. The van der Waals surface area contributed by atoms with E-state index in [9.17, 15) is 0 Å². The number of hydrogen-bond donors (Lipinski definition) is 1. The van der Waals surface area contributed by atoms with Gasteiger partial charge in [0.1, 0.15) is 11.8 Å². The lowest BCUT2D eigenvalue weighted by molar-refractivity contribution is 0.834. The molecular formula is C7H8N5. The van der Waals surface area contributed by atoms with Gasteiger partial charge in [-0.15, -0.1) is 0 Å². The molecule has 2 rings (SSSR count). The fourth-order valence-corrected chi connectivity index (χ4v) is 1.06. The van der Waals surface area contributed by atoms with E-state index in [-0.39, 0.29) is 0 Å². The zero-order chi connectivity index (χ0) is 8.55. The lowest BCUT2D eigenvalue weighted by atomic mass is 10.5. The third-order valence-corrected chi connectivity index (χ3v) is 1.67. The molecular weight excluding hydrogens is 154 g/mol. The molecule has 0 aliphatic rings. The van der Waals surface area contributed by atoms with Gasteiger partial charge in [-0.1, -0.05) is 0 Å². The monoisotopic (exact) mass is 162 g/mol. The maximum atomic E-state index is 5.58. The van der Waals surface area contributed by atoms with E-state index in [4.69, 9.17) is 5.73 Å². The molecule has 0 fully saturated rings. The van der Waals surface area contributed by atoms with Crippen molar-refractivity contribution in [3.05, 3.63) is 19.6 Å². The number of fused-ring (bicyclic) bond motifs is 1. The molecule has 2 N–H and O–H groups in total. The number of nitrogen functional groups attached to an aromatic ring is 1. The summed E-state index contributed by atoms with van der Waals surface area (Å²) in [6.07, 6.45) is 3.08. The maximum absolute atomic E-state index is 5.58. The predicted octanol–water partition coefficient (Wildman–Crippen LogP) is 0.243. The quantitative estimate of drug-likeness (QED) is 0.652. The first-order chi connectivity index (χ1) is 5.83. The van der Waals surface area contributed by atoms with E-state index < -0.39 is 0 Å². The van der Waals surface area contributed by atoms with Gasteiger partial charge in [0.05, 0.1) is 6.33 Å². The number of imidazole rings is 1. The molecule has 5 nitrogen and oxygen atoms in total. The van der Waals surface area contributed by atoms with Crippen LogP contribution in [0.3, 0.4) is 0 Å². The minimum atomic E-state index is 0.409. The minimum absolute atomic E-state index is 0.409. The summed E-state index contributed by atoms with van der Waals surface area (Å²) in [6.45, 7) is 4.32. The standard InChI is InChI=1S/C7H8N5/c1-2-12-4-11-5-6(8)9-3-10-7(5)12/h3-4H,1-2H2,(H2,8,9,10). The van der Waals surface area contributed by atoms with Gasteiger partial charge in [0.15, 0.2) is 11.5 Å². The van der Waals surface area contributed by atoms with E-state index in [0.717, 1.165) is 5.65 Å². The first-order valence-electron chi connectivity index (χ1n) is 3.53. The molecule has 2 aromatic heterocycles. The van der Waals surface area contributed by atoms with Crippen molar-refractivity contribution in [2.75, 3.05) is 5.73 Å². The molecule has 12 heavy (non-hydrogen) atoms. The molecule has 0 unspecified atom stereocenters. The molecule has 0 amide bonds. The molecule has 0 bridgehead atoms. The lowest BCUT2D eigenvalue weighted by Gasteiger charge is -1.96. The average molecular weight is 162 g/mol. The molecule has 1 radical (unpaired) electrons. The Kier molecular flexibility index (Phi) is 1.43. The highest BCUT2D eigenvalue weighted by molar-refractivity contribution is 5.80. The Hall–Kier alpha value is -1.65. The van der Waals surface area contributed by atoms with Gasteiger partial charge in [0, 0.05) is 6.54 Å². The van der Waals surface area contributed by atoms with Crippen LogP contribution in [0.1, 0.15) is 0 Å². The normalized spacial score (nSPS) is 10.8. The lowest BCUT2D eigenvalue weighted by Crippen LogP contribution is -1.96. The van der Waals surface area contributed by atoms with Crippen molar-refractivity contribution in [3.8, 4) is 0 Å². The highest BCUT2D eigenvalue weighted by atomic mass is 15.1. The van der Waals surface area contributed by atoms with Gasteiger partial charge in [-0.05, 0) is 6.92 Å². The Morgan fingerprint density at radius 3 is 3.00 bits per heavy atom. The minimum Gasteiger partial charge on any atom is -0.382 e. The van der Waals surface area contributed by atoms with Crippen LogP contribution in [0, 0.1) is 6.92 Å². The summed E-state index contributed by atoms with van der Waals surface area (Å²) in [5.41, 5.74) is 6.95. The maximum Gasteiger partial charge on any atom is 0.165 e. The van der Waals surface area contributed by atoms with Gasteiger partial charge in [0.2, 0.25) is 0 Å². The summed E-state index contributed by atoms with van der Waals surface area (Å²) in [7, 11) is 0. The molecule has 0 aliphatic carbocycles. The van der Waals surface area contributed by atoms with E-state index in [0.29, 0.717) is 17.9 Å². The summed E-state index contributed by atoms with van der Waals surface area (Å²) in [5, 5.41) is 0. The third kappa shape index (κ3) is 0.827. The third-order valence-electron chi connectivity index (χ3n) is 1.67. The molecule has 2 aromatic rings. The topological polar surface area (TPSA) is 69.6 Å². The van der Waals surface area contributed by atoms with Gasteiger partial charge >= 0.3 is 0 Å². The second-order valence-electron chi connectivity index (χ2n) is 2.37. The van der Waals surface area contributed by atoms with Crippen LogP contribution in [0.15, 0.2) is 12.7 Å². The van der Waals surface area contributed by atoms with E-state index in [1.807, 2.05) is 4.57 Å². The highest BCUT2D eigenvalue weighted by Gasteiger charge is 2.04. The Bertz CT molecular complexity index is 405. The van der Waals surface area contributed by atoms with Crippen molar-refractivity contribution in [2.24, 2.45) is 0 Å². The largest absolute Gasteiger partial charge is 0.382 e. The summed E-state index contributed by atoms with van der Waals surface area (Å²) in [6, 6.07) is 0. The second-order valence-corrected chi connectivity index (χ2v) is 2.37. The molecule has 5 heteroatoms. The Labute approximate surface area is 69.3 Å². The van der Waals surface area contributed by atoms with E-state index in [1.165, 1.54) is 6.33 Å². The number of aromatic nitrogens is 4. The van der Waals surface area contributed by atoms with Crippen molar-refractivity contribution in [1.82, 2.24) is 19.5 Å². The van der Waals surface area contributed by atoms with Crippen molar-refractivity contribution in [2.45, 2.75) is 6.54 Å². The molecule has 0 aliphatic heterocycles. The summed E-state index contributed by atoms with van der Waals surface area (Å²) < 4.78 is 1.81. The van der Waals surface area contributed by atoms with E-state index in [2.05, 4.69) is 21.9 Å². The van der Waals surface area contributed by atoms with E-state index >= 15 is 0 Å². The zero-order valence-electron chi connectivity index (χ0n) is 6.44.